The fraction of sp³-hybridized carbons (Fsp3) is 0.200. The highest BCUT2D eigenvalue weighted by Gasteiger charge is 2.06. The van der Waals surface area contributed by atoms with Crippen molar-refractivity contribution >= 4 is 15.9 Å². The maximum Gasteiger partial charge on any atom is 0.120 e. The average Bonchev–Trinajstić information content (AvgIpc) is 2.37. The van der Waals surface area contributed by atoms with E-state index >= 15 is 0 Å². The molecular formula is C15H16BrNO. The van der Waals surface area contributed by atoms with Crippen molar-refractivity contribution < 1.29 is 5.11 Å². The summed E-state index contributed by atoms with van der Waals surface area (Å²) in [6.45, 7) is 2.77. The zero-order chi connectivity index (χ0) is 13.0. The van der Waals surface area contributed by atoms with Crippen LogP contribution < -0.4 is 5.32 Å². The molecule has 1 atom stereocenters. The Morgan fingerprint density at radius 2 is 1.94 bits per heavy atom. The van der Waals surface area contributed by atoms with Crippen LogP contribution in [0.2, 0.25) is 0 Å². The van der Waals surface area contributed by atoms with E-state index in [1.54, 1.807) is 6.07 Å². The molecule has 2 aromatic rings. The lowest BCUT2D eigenvalue weighted by molar-refractivity contribution is 0.460. The van der Waals surface area contributed by atoms with E-state index in [-0.39, 0.29) is 6.04 Å². The Bertz CT molecular complexity index is 527. The van der Waals surface area contributed by atoms with Gasteiger partial charge in [-0.3, -0.25) is 0 Å². The van der Waals surface area contributed by atoms with Crippen molar-refractivity contribution in [3.05, 3.63) is 64.1 Å². The molecule has 0 saturated carbocycles. The lowest BCUT2D eigenvalue weighted by atomic mass is 10.1. The summed E-state index contributed by atoms with van der Waals surface area (Å²) in [7, 11) is 0. The van der Waals surface area contributed by atoms with Crippen LogP contribution in [0.3, 0.4) is 0 Å². The lowest BCUT2D eigenvalue weighted by Crippen LogP contribution is -2.18. The number of phenolic OH excluding ortho intramolecular Hbond substituents is 1. The SMILES string of the molecule is C[C@H](NCc1ccccc1O)c1cccc(Br)c1. The van der Waals surface area contributed by atoms with Gasteiger partial charge in [0, 0.05) is 22.6 Å². The molecule has 0 spiro atoms. The molecule has 2 nitrogen and oxygen atoms in total. The van der Waals surface area contributed by atoms with Crippen LogP contribution in [-0.4, -0.2) is 5.11 Å². The van der Waals surface area contributed by atoms with Gasteiger partial charge in [0.1, 0.15) is 5.75 Å². The number of rotatable bonds is 4. The number of hydrogen-bond donors (Lipinski definition) is 2. The highest BCUT2D eigenvalue weighted by molar-refractivity contribution is 9.10. The van der Waals surface area contributed by atoms with Crippen LogP contribution >= 0.6 is 15.9 Å². The molecule has 2 rings (SSSR count). The number of aromatic hydroxyl groups is 1. The Labute approximate surface area is 116 Å². The largest absolute Gasteiger partial charge is 0.508 e. The minimum absolute atomic E-state index is 0.238. The van der Waals surface area contributed by atoms with Gasteiger partial charge in [0.2, 0.25) is 0 Å². The third-order valence-electron chi connectivity index (χ3n) is 2.94. The first-order valence-corrected chi connectivity index (χ1v) is 6.72. The van der Waals surface area contributed by atoms with E-state index in [2.05, 4.69) is 40.3 Å². The van der Waals surface area contributed by atoms with Gasteiger partial charge < -0.3 is 10.4 Å². The molecule has 94 valence electrons. The van der Waals surface area contributed by atoms with E-state index in [1.807, 2.05) is 30.3 Å². The van der Waals surface area contributed by atoms with Crippen LogP contribution in [0.5, 0.6) is 5.75 Å². The predicted octanol–water partition coefficient (Wildman–Crippen LogP) is 4.01. The average molecular weight is 306 g/mol. The van der Waals surface area contributed by atoms with Crippen LogP contribution in [0.4, 0.5) is 0 Å². The Morgan fingerprint density at radius 3 is 2.67 bits per heavy atom. The van der Waals surface area contributed by atoms with Gasteiger partial charge in [-0.25, -0.2) is 0 Å². The smallest absolute Gasteiger partial charge is 0.120 e. The van der Waals surface area contributed by atoms with Gasteiger partial charge in [0.15, 0.2) is 0 Å². The molecule has 0 bridgehead atoms. The summed E-state index contributed by atoms with van der Waals surface area (Å²) in [5, 5.41) is 13.1. The minimum atomic E-state index is 0.238. The number of para-hydroxylation sites is 1. The zero-order valence-electron chi connectivity index (χ0n) is 10.2. The highest BCUT2D eigenvalue weighted by atomic mass is 79.9. The number of nitrogens with one attached hydrogen (secondary N) is 1. The zero-order valence-corrected chi connectivity index (χ0v) is 11.8. The van der Waals surface area contributed by atoms with E-state index in [4.69, 9.17) is 0 Å². The molecule has 0 aliphatic carbocycles. The van der Waals surface area contributed by atoms with Crippen molar-refractivity contribution in [2.24, 2.45) is 0 Å². The van der Waals surface area contributed by atoms with Gasteiger partial charge in [-0.2, -0.15) is 0 Å². The second kappa shape index (κ2) is 6.03. The molecule has 0 heterocycles. The van der Waals surface area contributed by atoms with Gasteiger partial charge >= 0.3 is 0 Å². The third-order valence-corrected chi connectivity index (χ3v) is 3.43. The van der Waals surface area contributed by atoms with Gasteiger partial charge in [-0.05, 0) is 30.7 Å². The molecular weight excluding hydrogens is 290 g/mol. The molecule has 2 aromatic carbocycles. The maximum absolute atomic E-state index is 9.69. The summed E-state index contributed by atoms with van der Waals surface area (Å²) in [6, 6.07) is 15.9. The van der Waals surface area contributed by atoms with Crippen LogP contribution in [0.1, 0.15) is 24.1 Å². The quantitative estimate of drug-likeness (QED) is 0.894. The second-order valence-corrected chi connectivity index (χ2v) is 5.20. The molecule has 0 unspecified atom stereocenters. The van der Waals surface area contributed by atoms with Gasteiger partial charge in [0.05, 0.1) is 0 Å². The number of phenols is 1. The van der Waals surface area contributed by atoms with Crippen LogP contribution in [0, 0.1) is 0 Å². The Hall–Kier alpha value is -1.32. The summed E-state index contributed by atoms with van der Waals surface area (Å²) in [6.07, 6.45) is 0. The Balaban J connectivity index is 2.00. The molecule has 0 aromatic heterocycles. The summed E-state index contributed by atoms with van der Waals surface area (Å²) < 4.78 is 1.08. The normalized spacial score (nSPS) is 12.3. The number of benzene rings is 2. The van der Waals surface area contributed by atoms with E-state index in [0.717, 1.165) is 10.0 Å². The lowest BCUT2D eigenvalue weighted by Gasteiger charge is -2.15. The summed E-state index contributed by atoms with van der Waals surface area (Å²) in [5.74, 6) is 0.339. The first-order valence-electron chi connectivity index (χ1n) is 5.92. The molecule has 0 aliphatic rings. The molecule has 0 saturated heterocycles. The van der Waals surface area contributed by atoms with Crippen LogP contribution in [-0.2, 0) is 6.54 Å². The molecule has 0 fully saturated rings. The van der Waals surface area contributed by atoms with E-state index in [1.165, 1.54) is 5.56 Å². The number of halogens is 1. The van der Waals surface area contributed by atoms with E-state index in [9.17, 15) is 5.11 Å². The van der Waals surface area contributed by atoms with Crippen molar-refractivity contribution in [2.45, 2.75) is 19.5 Å². The van der Waals surface area contributed by atoms with E-state index < -0.39 is 0 Å². The minimum Gasteiger partial charge on any atom is -0.508 e. The molecule has 0 aliphatic heterocycles. The molecule has 0 radical (unpaired) electrons. The topological polar surface area (TPSA) is 32.3 Å². The highest BCUT2D eigenvalue weighted by Crippen LogP contribution is 2.20. The fourth-order valence-corrected chi connectivity index (χ4v) is 2.23. The van der Waals surface area contributed by atoms with Crippen molar-refractivity contribution in [1.82, 2.24) is 5.32 Å². The van der Waals surface area contributed by atoms with Crippen LogP contribution in [0.15, 0.2) is 53.0 Å². The Kier molecular flexibility index (Phi) is 4.39. The first-order chi connectivity index (χ1) is 8.66. The molecule has 18 heavy (non-hydrogen) atoms. The van der Waals surface area contributed by atoms with Gasteiger partial charge in [0.25, 0.3) is 0 Å². The number of hydrogen-bond acceptors (Lipinski definition) is 2. The summed E-state index contributed by atoms with van der Waals surface area (Å²) >= 11 is 3.47. The Morgan fingerprint density at radius 1 is 1.17 bits per heavy atom. The van der Waals surface area contributed by atoms with Crippen molar-refractivity contribution in [3.63, 3.8) is 0 Å². The molecule has 2 N–H and O–H groups in total. The predicted molar refractivity (Wildman–Crippen MR) is 77.5 cm³/mol. The standard InChI is InChI=1S/C15H16BrNO/c1-11(12-6-4-7-14(16)9-12)17-10-13-5-2-3-8-15(13)18/h2-9,11,17-18H,10H2,1H3/t11-/m0/s1. The van der Waals surface area contributed by atoms with Crippen molar-refractivity contribution in [1.29, 1.82) is 0 Å². The summed E-state index contributed by atoms with van der Waals surface area (Å²) in [5.41, 5.74) is 2.14. The summed E-state index contributed by atoms with van der Waals surface area (Å²) in [4.78, 5) is 0. The van der Waals surface area contributed by atoms with Gasteiger partial charge in [-0.15, -0.1) is 0 Å². The van der Waals surface area contributed by atoms with Crippen molar-refractivity contribution in [3.8, 4) is 5.75 Å². The molecule has 0 amide bonds. The van der Waals surface area contributed by atoms with Crippen molar-refractivity contribution in [2.75, 3.05) is 0 Å². The first kappa shape index (κ1) is 13.1. The fourth-order valence-electron chi connectivity index (χ4n) is 1.82. The maximum atomic E-state index is 9.69. The second-order valence-electron chi connectivity index (χ2n) is 4.29. The van der Waals surface area contributed by atoms with Gasteiger partial charge in [-0.1, -0.05) is 46.3 Å². The third kappa shape index (κ3) is 3.34. The van der Waals surface area contributed by atoms with Crippen LogP contribution in [0.25, 0.3) is 0 Å². The molecule has 3 heteroatoms. The monoisotopic (exact) mass is 305 g/mol. The van der Waals surface area contributed by atoms with E-state index in [0.29, 0.717) is 12.3 Å².